The van der Waals surface area contributed by atoms with E-state index in [9.17, 15) is 19.6 Å². The average molecular weight is 389 g/mol. The molecule has 0 radical (unpaired) electrons. The molecule has 26 heavy (non-hydrogen) atoms. The minimum atomic E-state index is -5.05. The summed E-state index contributed by atoms with van der Waals surface area (Å²) in [5.74, 6) is -0.711. The van der Waals surface area contributed by atoms with Crippen LogP contribution in [0.5, 0.6) is 0 Å². The number of fused-ring (bicyclic) bond motifs is 1. The van der Waals surface area contributed by atoms with Crippen molar-refractivity contribution >= 4 is 30.6 Å². The standard InChI is InChI=1S/C12H16N5O8P/c1-4(18)8(25-26(21,22)23)9-6(19)7(20)12(24-9)17-3-16-5-10(13)14-2-15-11(5)17/h2-3,6-9,12,19-20H,1H3,(H2,13,14,15)(H2,21,22,23)/t6-,7+,8?,9-,12+/m0/s1. The van der Waals surface area contributed by atoms with Crippen molar-refractivity contribution in [3.63, 3.8) is 0 Å². The first-order valence-corrected chi connectivity index (χ1v) is 8.82. The first kappa shape index (κ1) is 18.8. The SMILES string of the molecule is CC(=O)C(OP(=O)(O)O)[C@H]1O[C@@H](n2cnc3c(N)ncnc32)[C@H](O)[C@@H]1O. The van der Waals surface area contributed by atoms with Gasteiger partial charge in [0.15, 0.2) is 29.6 Å². The van der Waals surface area contributed by atoms with Gasteiger partial charge in [-0.05, 0) is 6.92 Å². The molecule has 0 spiro atoms. The fourth-order valence-electron chi connectivity index (χ4n) is 2.74. The Kier molecular flexibility index (Phi) is 4.79. The highest BCUT2D eigenvalue weighted by Gasteiger charge is 2.50. The first-order chi connectivity index (χ1) is 12.1. The van der Waals surface area contributed by atoms with Crippen molar-refractivity contribution in [1.29, 1.82) is 0 Å². The number of nitrogen functional groups attached to an aromatic ring is 1. The lowest BCUT2D eigenvalue weighted by Gasteiger charge is -2.23. The molecule has 1 unspecified atom stereocenters. The van der Waals surface area contributed by atoms with Crippen molar-refractivity contribution in [2.24, 2.45) is 0 Å². The van der Waals surface area contributed by atoms with Crippen LogP contribution in [0.1, 0.15) is 13.2 Å². The number of phosphoric acid groups is 1. The van der Waals surface area contributed by atoms with Gasteiger partial charge in [-0.1, -0.05) is 0 Å². The Labute approximate surface area is 145 Å². The molecular formula is C12H16N5O8P. The molecule has 0 aliphatic carbocycles. The number of hydrogen-bond acceptors (Lipinski definition) is 10. The first-order valence-electron chi connectivity index (χ1n) is 7.29. The van der Waals surface area contributed by atoms with E-state index in [-0.39, 0.29) is 17.0 Å². The van der Waals surface area contributed by atoms with Crippen LogP contribution >= 0.6 is 7.82 Å². The van der Waals surface area contributed by atoms with Gasteiger partial charge in [0.05, 0.1) is 6.33 Å². The maximum Gasteiger partial charge on any atom is 0.470 e. The second kappa shape index (κ2) is 6.63. The molecule has 3 heterocycles. The van der Waals surface area contributed by atoms with Crippen molar-refractivity contribution < 1.29 is 38.6 Å². The number of phosphoric ester groups is 1. The van der Waals surface area contributed by atoms with E-state index < -0.39 is 44.2 Å². The number of carbonyl (C=O) groups excluding carboxylic acids is 1. The summed E-state index contributed by atoms with van der Waals surface area (Å²) in [6, 6.07) is 0. The third kappa shape index (κ3) is 3.33. The fraction of sp³-hybridized carbons (Fsp3) is 0.500. The molecular weight excluding hydrogens is 373 g/mol. The van der Waals surface area contributed by atoms with Crippen LogP contribution in [0.15, 0.2) is 12.7 Å². The van der Waals surface area contributed by atoms with Crippen molar-refractivity contribution in [2.75, 3.05) is 5.73 Å². The third-order valence-electron chi connectivity index (χ3n) is 3.89. The summed E-state index contributed by atoms with van der Waals surface area (Å²) in [4.78, 5) is 41.4. The highest BCUT2D eigenvalue weighted by molar-refractivity contribution is 7.46. The van der Waals surface area contributed by atoms with E-state index in [4.69, 9.17) is 20.3 Å². The molecule has 5 atom stereocenters. The number of aliphatic hydroxyl groups excluding tert-OH is 2. The van der Waals surface area contributed by atoms with Gasteiger partial charge in [0, 0.05) is 0 Å². The van der Waals surface area contributed by atoms with Gasteiger partial charge < -0.3 is 30.5 Å². The Balaban J connectivity index is 1.95. The molecule has 2 aromatic rings. The largest absolute Gasteiger partial charge is 0.470 e. The molecule has 0 bridgehead atoms. The number of ether oxygens (including phenoxy) is 1. The molecule has 2 aromatic heterocycles. The summed E-state index contributed by atoms with van der Waals surface area (Å²) in [5, 5.41) is 20.5. The van der Waals surface area contributed by atoms with E-state index in [2.05, 4.69) is 19.5 Å². The van der Waals surface area contributed by atoms with E-state index in [1.54, 1.807) is 0 Å². The monoisotopic (exact) mass is 389 g/mol. The molecule has 0 amide bonds. The van der Waals surface area contributed by atoms with Gasteiger partial charge in [0.2, 0.25) is 0 Å². The van der Waals surface area contributed by atoms with E-state index in [1.807, 2.05) is 0 Å². The Hall–Kier alpha value is -1.99. The molecule has 1 aliphatic rings. The topological polar surface area (TPSA) is 203 Å². The quantitative estimate of drug-likeness (QED) is 0.356. The number of rotatable bonds is 5. The number of ketones is 1. The lowest BCUT2D eigenvalue weighted by molar-refractivity contribution is -0.137. The summed E-state index contributed by atoms with van der Waals surface area (Å²) in [5.41, 5.74) is 6.11. The average Bonchev–Trinajstić information content (AvgIpc) is 3.08. The lowest BCUT2D eigenvalue weighted by Crippen LogP contribution is -2.43. The number of imidazole rings is 1. The van der Waals surface area contributed by atoms with E-state index in [1.165, 1.54) is 17.2 Å². The number of nitrogens with two attached hydrogens (primary N) is 1. The number of nitrogens with zero attached hydrogens (tertiary/aromatic N) is 4. The maximum absolute atomic E-state index is 11.7. The second-order valence-electron chi connectivity index (χ2n) is 5.68. The Bertz CT molecular complexity index is 884. The molecule has 0 saturated carbocycles. The van der Waals surface area contributed by atoms with Crippen molar-refractivity contribution in [1.82, 2.24) is 19.5 Å². The van der Waals surface area contributed by atoms with E-state index >= 15 is 0 Å². The predicted molar refractivity (Wildman–Crippen MR) is 83.3 cm³/mol. The summed E-state index contributed by atoms with van der Waals surface area (Å²) in [6.45, 7) is 1.01. The molecule has 1 fully saturated rings. The number of aromatic nitrogens is 4. The van der Waals surface area contributed by atoms with Gasteiger partial charge in [-0.2, -0.15) is 0 Å². The normalized spacial score (nSPS) is 27.7. The minimum Gasteiger partial charge on any atom is -0.387 e. The fourth-order valence-corrected chi connectivity index (χ4v) is 3.30. The van der Waals surface area contributed by atoms with Crippen LogP contribution in [-0.4, -0.2) is 69.7 Å². The van der Waals surface area contributed by atoms with Crippen molar-refractivity contribution in [2.45, 2.75) is 37.6 Å². The van der Waals surface area contributed by atoms with Gasteiger partial charge in [-0.3, -0.25) is 13.9 Å². The molecule has 14 heteroatoms. The molecule has 1 saturated heterocycles. The van der Waals surface area contributed by atoms with Crippen LogP contribution in [-0.2, 0) is 18.6 Å². The van der Waals surface area contributed by atoms with Crippen LogP contribution in [0.25, 0.3) is 11.2 Å². The molecule has 13 nitrogen and oxygen atoms in total. The number of carbonyl (C=O) groups is 1. The Morgan fingerprint density at radius 2 is 2.04 bits per heavy atom. The summed E-state index contributed by atoms with van der Waals surface area (Å²) in [7, 11) is -5.05. The van der Waals surface area contributed by atoms with Gasteiger partial charge in [-0.15, -0.1) is 0 Å². The molecule has 0 aromatic carbocycles. The molecule has 6 N–H and O–H groups in total. The molecule has 1 aliphatic heterocycles. The van der Waals surface area contributed by atoms with Crippen molar-refractivity contribution in [3.05, 3.63) is 12.7 Å². The summed E-state index contributed by atoms with van der Waals surface area (Å²) < 4.78 is 22.3. The van der Waals surface area contributed by atoms with Gasteiger partial charge >= 0.3 is 7.82 Å². The smallest absolute Gasteiger partial charge is 0.387 e. The van der Waals surface area contributed by atoms with Gasteiger partial charge in [0.25, 0.3) is 0 Å². The number of aliphatic hydroxyl groups is 2. The van der Waals surface area contributed by atoms with Gasteiger partial charge in [0.1, 0.15) is 30.2 Å². The van der Waals surface area contributed by atoms with E-state index in [0.717, 1.165) is 6.92 Å². The van der Waals surface area contributed by atoms with Gasteiger partial charge in [-0.25, -0.2) is 19.5 Å². The zero-order valence-corrected chi connectivity index (χ0v) is 14.2. The number of hydrogen-bond donors (Lipinski definition) is 5. The highest BCUT2D eigenvalue weighted by atomic mass is 31.2. The van der Waals surface area contributed by atoms with Crippen LogP contribution in [0.2, 0.25) is 0 Å². The van der Waals surface area contributed by atoms with Crippen molar-refractivity contribution in [3.8, 4) is 0 Å². The maximum atomic E-state index is 11.7. The molecule has 3 rings (SSSR count). The van der Waals surface area contributed by atoms with Crippen LogP contribution in [0.4, 0.5) is 5.82 Å². The second-order valence-corrected chi connectivity index (χ2v) is 6.87. The summed E-state index contributed by atoms with van der Waals surface area (Å²) in [6.07, 6.45) is -5.40. The Morgan fingerprint density at radius 1 is 1.35 bits per heavy atom. The number of Topliss-reactive ketones (excluding diaryl/α,β-unsaturated/α-hetero) is 1. The summed E-state index contributed by atoms with van der Waals surface area (Å²) >= 11 is 0. The lowest BCUT2D eigenvalue weighted by atomic mass is 10.0. The minimum absolute atomic E-state index is 0.0878. The zero-order chi connectivity index (χ0) is 19.2. The van der Waals surface area contributed by atoms with Crippen LogP contribution in [0.3, 0.4) is 0 Å². The zero-order valence-electron chi connectivity index (χ0n) is 13.3. The van der Waals surface area contributed by atoms with Crippen LogP contribution < -0.4 is 5.73 Å². The highest BCUT2D eigenvalue weighted by Crippen LogP contribution is 2.42. The molecule has 142 valence electrons. The van der Waals surface area contributed by atoms with Crippen LogP contribution in [0, 0.1) is 0 Å². The van der Waals surface area contributed by atoms with E-state index in [0.29, 0.717) is 0 Å². The predicted octanol–water partition coefficient (Wildman–Crippen LogP) is -1.91. The third-order valence-corrected chi connectivity index (χ3v) is 4.39. The number of anilines is 1. The Morgan fingerprint density at radius 3 is 2.65 bits per heavy atom.